The zero-order valence-corrected chi connectivity index (χ0v) is 13.4. The molecule has 2 aromatic rings. The van der Waals surface area contributed by atoms with Crippen molar-refractivity contribution >= 4 is 22.7 Å². The summed E-state index contributed by atoms with van der Waals surface area (Å²) in [6.45, 7) is 5.10. The Bertz CT molecular complexity index is 490. The van der Waals surface area contributed by atoms with E-state index in [1.165, 1.54) is 14.6 Å². The van der Waals surface area contributed by atoms with Gasteiger partial charge >= 0.3 is 0 Å². The van der Waals surface area contributed by atoms with Gasteiger partial charge in [-0.15, -0.1) is 22.7 Å². The van der Waals surface area contributed by atoms with Gasteiger partial charge in [-0.3, -0.25) is 4.90 Å². The van der Waals surface area contributed by atoms with Crippen LogP contribution in [0.5, 0.6) is 0 Å². The third kappa shape index (κ3) is 3.66. The Labute approximate surface area is 123 Å². The molecule has 0 fully saturated rings. The van der Waals surface area contributed by atoms with Crippen molar-refractivity contribution in [3.05, 3.63) is 44.3 Å². The molecule has 2 nitrogen and oxygen atoms in total. The average Bonchev–Trinajstić information content (AvgIpc) is 3.02. The van der Waals surface area contributed by atoms with Crippen molar-refractivity contribution in [1.29, 1.82) is 0 Å². The number of hydrogen-bond donors (Lipinski definition) is 1. The van der Waals surface area contributed by atoms with Crippen LogP contribution in [-0.2, 0) is 6.42 Å². The fourth-order valence-corrected chi connectivity index (χ4v) is 4.16. The van der Waals surface area contributed by atoms with E-state index < -0.39 is 0 Å². The summed E-state index contributed by atoms with van der Waals surface area (Å²) in [5, 5.41) is 2.14. The van der Waals surface area contributed by atoms with Crippen molar-refractivity contribution in [2.75, 3.05) is 13.6 Å². The van der Waals surface area contributed by atoms with Gasteiger partial charge in [0.1, 0.15) is 0 Å². The van der Waals surface area contributed by atoms with Crippen LogP contribution < -0.4 is 5.73 Å². The lowest BCUT2D eigenvalue weighted by molar-refractivity contribution is 0.191. The maximum atomic E-state index is 5.99. The normalized spacial score (nSPS) is 14.8. The van der Waals surface area contributed by atoms with Crippen LogP contribution in [0.4, 0.5) is 0 Å². The van der Waals surface area contributed by atoms with E-state index in [0.717, 1.165) is 6.42 Å². The molecular weight excluding hydrogens is 272 g/mol. The second kappa shape index (κ2) is 6.66. The molecule has 2 aromatic heterocycles. The summed E-state index contributed by atoms with van der Waals surface area (Å²) in [7, 11) is 2.19. The van der Waals surface area contributed by atoms with E-state index in [0.29, 0.717) is 18.6 Å². The highest BCUT2D eigenvalue weighted by Crippen LogP contribution is 2.28. The van der Waals surface area contributed by atoms with Gasteiger partial charge in [0.2, 0.25) is 0 Å². The molecule has 4 heteroatoms. The molecule has 0 amide bonds. The first kappa shape index (κ1) is 14.7. The lowest BCUT2D eigenvalue weighted by Crippen LogP contribution is -2.37. The lowest BCUT2D eigenvalue weighted by atomic mass is 10.1. The highest BCUT2D eigenvalue weighted by Gasteiger charge is 2.21. The number of thiophene rings is 2. The van der Waals surface area contributed by atoms with Crippen LogP contribution in [0.3, 0.4) is 0 Å². The molecule has 0 spiro atoms. The Morgan fingerprint density at radius 1 is 1.32 bits per heavy atom. The van der Waals surface area contributed by atoms with Crippen LogP contribution in [-0.4, -0.2) is 24.5 Å². The third-order valence-electron chi connectivity index (χ3n) is 3.58. The fraction of sp³-hybridized carbons (Fsp3) is 0.467. The van der Waals surface area contributed by atoms with Crippen molar-refractivity contribution in [1.82, 2.24) is 4.90 Å². The maximum Gasteiger partial charge on any atom is 0.0564 e. The molecule has 2 atom stereocenters. The van der Waals surface area contributed by atoms with E-state index in [2.05, 4.69) is 55.4 Å². The maximum absolute atomic E-state index is 5.99. The van der Waals surface area contributed by atoms with Crippen molar-refractivity contribution < 1.29 is 0 Å². The minimum atomic E-state index is 0.327. The van der Waals surface area contributed by atoms with Gasteiger partial charge in [-0.1, -0.05) is 6.07 Å². The molecule has 2 N–H and O–H groups in total. The second-order valence-electron chi connectivity index (χ2n) is 5.00. The van der Waals surface area contributed by atoms with E-state index in [9.17, 15) is 0 Å². The van der Waals surface area contributed by atoms with Gasteiger partial charge in [0.05, 0.1) is 6.04 Å². The van der Waals surface area contributed by atoms with E-state index in [1.807, 2.05) is 22.7 Å². The SMILES string of the molecule is Cc1ccc(C(CN)N(C)C(C)Cc2cccs2)s1. The summed E-state index contributed by atoms with van der Waals surface area (Å²) in [6.07, 6.45) is 1.09. The zero-order chi connectivity index (χ0) is 13.8. The summed E-state index contributed by atoms with van der Waals surface area (Å²) in [6, 6.07) is 9.55. The molecular formula is C15H22N2S2. The van der Waals surface area contributed by atoms with Gasteiger partial charge < -0.3 is 5.73 Å². The predicted octanol–water partition coefficient (Wildman–Crippen LogP) is 3.68. The molecule has 104 valence electrons. The van der Waals surface area contributed by atoms with Gasteiger partial charge in [0.15, 0.2) is 0 Å². The smallest absolute Gasteiger partial charge is 0.0564 e. The number of aryl methyl sites for hydroxylation is 1. The quantitative estimate of drug-likeness (QED) is 0.880. The lowest BCUT2D eigenvalue weighted by Gasteiger charge is -2.31. The van der Waals surface area contributed by atoms with Crippen molar-refractivity contribution in [2.45, 2.75) is 32.4 Å². The van der Waals surface area contributed by atoms with Crippen LogP contribution in [0.25, 0.3) is 0 Å². The first-order valence-electron chi connectivity index (χ1n) is 6.62. The van der Waals surface area contributed by atoms with E-state index >= 15 is 0 Å². The molecule has 19 heavy (non-hydrogen) atoms. The molecule has 0 radical (unpaired) electrons. The van der Waals surface area contributed by atoms with Crippen LogP contribution in [0.1, 0.15) is 27.6 Å². The van der Waals surface area contributed by atoms with E-state index in [-0.39, 0.29) is 0 Å². The van der Waals surface area contributed by atoms with Gasteiger partial charge in [0.25, 0.3) is 0 Å². The number of likely N-dealkylation sites (N-methyl/N-ethyl adjacent to an activating group) is 1. The Morgan fingerprint density at radius 3 is 2.63 bits per heavy atom. The first-order valence-corrected chi connectivity index (χ1v) is 8.32. The number of nitrogens with zero attached hydrogens (tertiary/aromatic N) is 1. The molecule has 2 unspecified atom stereocenters. The molecule has 0 saturated carbocycles. The van der Waals surface area contributed by atoms with E-state index in [1.54, 1.807) is 0 Å². The fourth-order valence-electron chi connectivity index (χ4n) is 2.29. The standard InChI is InChI=1S/C15H22N2S2/c1-11(9-13-5-4-8-18-13)17(3)14(10-16)15-7-6-12(2)19-15/h4-8,11,14H,9-10,16H2,1-3H3. The Balaban J connectivity index is 2.05. The third-order valence-corrected chi connectivity index (χ3v) is 5.58. The first-order chi connectivity index (χ1) is 9.11. The zero-order valence-electron chi connectivity index (χ0n) is 11.8. The summed E-state index contributed by atoms with van der Waals surface area (Å²) in [4.78, 5) is 6.58. The van der Waals surface area contributed by atoms with Crippen molar-refractivity contribution in [3.8, 4) is 0 Å². The highest BCUT2D eigenvalue weighted by atomic mass is 32.1. The molecule has 0 aliphatic carbocycles. The van der Waals surface area contributed by atoms with Crippen LogP contribution in [0.2, 0.25) is 0 Å². The molecule has 0 bridgehead atoms. The number of rotatable bonds is 6. The Hall–Kier alpha value is -0.680. The molecule has 2 rings (SSSR count). The molecule has 0 aliphatic heterocycles. The van der Waals surface area contributed by atoms with Gasteiger partial charge in [-0.25, -0.2) is 0 Å². The summed E-state index contributed by atoms with van der Waals surface area (Å²) in [5.41, 5.74) is 5.99. The molecule has 0 aliphatic rings. The van der Waals surface area contributed by atoms with Crippen LogP contribution in [0, 0.1) is 6.92 Å². The topological polar surface area (TPSA) is 29.3 Å². The summed E-state index contributed by atoms with van der Waals surface area (Å²) < 4.78 is 0. The van der Waals surface area contributed by atoms with Crippen LogP contribution >= 0.6 is 22.7 Å². The van der Waals surface area contributed by atoms with Crippen molar-refractivity contribution in [3.63, 3.8) is 0 Å². The Morgan fingerprint density at radius 2 is 2.11 bits per heavy atom. The predicted molar refractivity (Wildman–Crippen MR) is 86.1 cm³/mol. The average molecular weight is 294 g/mol. The van der Waals surface area contributed by atoms with Gasteiger partial charge in [-0.2, -0.15) is 0 Å². The monoisotopic (exact) mass is 294 g/mol. The number of hydrogen-bond acceptors (Lipinski definition) is 4. The molecule has 0 saturated heterocycles. The van der Waals surface area contributed by atoms with Gasteiger partial charge in [0, 0.05) is 27.2 Å². The Kier molecular flexibility index (Phi) is 5.16. The minimum Gasteiger partial charge on any atom is -0.329 e. The summed E-state index contributed by atoms with van der Waals surface area (Å²) in [5.74, 6) is 0. The number of nitrogens with two attached hydrogens (primary N) is 1. The highest BCUT2D eigenvalue weighted by molar-refractivity contribution is 7.12. The van der Waals surface area contributed by atoms with Gasteiger partial charge in [-0.05, 0) is 50.9 Å². The largest absolute Gasteiger partial charge is 0.329 e. The molecule has 0 aromatic carbocycles. The second-order valence-corrected chi connectivity index (χ2v) is 7.35. The molecule has 2 heterocycles. The van der Waals surface area contributed by atoms with Crippen LogP contribution in [0.15, 0.2) is 29.6 Å². The summed E-state index contributed by atoms with van der Waals surface area (Å²) >= 11 is 3.69. The van der Waals surface area contributed by atoms with E-state index in [4.69, 9.17) is 5.73 Å². The van der Waals surface area contributed by atoms with Crippen molar-refractivity contribution in [2.24, 2.45) is 5.73 Å². The minimum absolute atomic E-state index is 0.327.